The van der Waals surface area contributed by atoms with Crippen LogP contribution in [-0.2, 0) is 14.9 Å². The number of fused-ring (bicyclic) bond motifs is 1. The van der Waals surface area contributed by atoms with E-state index in [-0.39, 0.29) is 5.82 Å². The number of ether oxygens (including phenoxy) is 1. The Morgan fingerprint density at radius 3 is 2.50 bits per heavy atom. The average molecular weight is 354 g/mol. The van der Waals surface area contributed by atoms with Gasteiger partial charge in [-0.05, 0) is 52.2 Å². The van der Waals surface area contributed by atoms with Gasteiger partial charge in [0, 0.05) is 18.7 Å². The molecule has 0 atom stereocenters. The molecule has 1 aliphatic carbocycles. The van der Waals surface area contributed by atoms with Crippen LogP contribution in [0.4, 0.5) is 10.6 Å². The second-order valence-electron chi connectivity index (χ2n) is 7.72. The van der Waals surface area contributed by atoms with Crippen molar-refractivity contribution in [2.75, 3.05) is 4.90 Å². The van der Waals surface area contributed by atoms with Crippen LogP contribution in [0.3, 0.4) is 0 Å². The molecule has 0 N–H and O–H groups in total. The van der Waals surface area contributed by atoms with Gasteiger partial charge < -0.3 is 4.74 Å². The van der Waals surface area contributed by atoms with Gasteiger partial charge in [0.2, 0.25) is 5.91 Å². The van der Waals surface area contributed by atoms with Gasteiger partial charge in [-0.15, -0.1) is 5.10 Å². The lowest BCUT2D eigenvalue weighted by atomic mass is 10.00. The number of aromatic nitrogens is 2. The van der Waals surface area contributed by atoms with E-state index in [1.807, 2.05) is 12.1 Å². The number of pyridine rings is 1. The second-order valence-corrected chi connectivity index (χ2v) is 7.72. The maximum atomic E-state index is 12.5. The summed E-state index contributed by atoms with van der Waals surface area (Å²) < 4.78 is 6.97. The molecular formula is C19H22N4O3. The van der Waals surface area contributed by atoms with E-state index < -0.39 is 23.0 Å². The van der Waals surface area contributed by atoms with Crippen molar-refractivity contribution < 1.29 is 14.3 Å². The lowest BCUT2D eigenvalue weighted by molar-refractivity contribution is -0.116. The Bertz CT molecular complexity index is 942. The Labute approximate surface area is 152 Å². The quantitative estimate of drug-likeness (QED) is 0.824. The Balaban J connectivity index is 2.05. The predicted octanol–water partition coefficient (Wildman–Crippen LogP) is 3.49. The molecule has 7 nitrogen and oxygen atoms in total. The first kappa shape index (κ1) is 17.9. The van der Waals surface area contributed by atoms with Crippen molar-refractivity contribution >= 4 is 23.3 Å². The summed E-state index contributed by atoms with van der Waals surface area (Å²) in [6.07, 6.45) is 2.71. The average Bonchev–Trinajstić information content (AvgIpc) is 3.26. The van der Waals surface area contributed by atoms with Crippen LogP contribution < -0.4 is 4.90 Å². The van der Waals surface area contributed by atoms with Crippen molar-refractivity contribution in [3.05, 3.63) is 29.5 Å². The normalized spacial score (nSPS) is 15.4. The van der Waals surface area contributed by atoms with Crippen LogP contribution in [0, 0.1) is 18.3 Å². The lowest BCUT2D eigenvalue weighted by Gasteiger charge is -2.24. The van der Waals surface area contributed by atoms with Crippen molar-refractivity contribution in [3.63, 3.8) is 0 Å². The Morgan fingerprint density at radius 1 is 1.35 bits per heavy atom. The monoisotopic (exact) mass is 354 g/mol. The summed E-state index contributed by atoms with van der Waals surface area (Å²) in [7, 11) is 0. The molecule has 0 saturated heterocycles. The van der Waals surface area contributed by atoms with Crippen LogP contribution in [0.2, 0.25) is 0 Å². The summed E-state index contributed by atoms with van der Waals surface area (Å²) in [5, 5.41) is 13.8. The van der Waals surface area contributed by atoms with Crippen molar-refractivity contribution in [2.45, 2.75) is 58.5 Å². The fraction of sp³-hybridized carbons (Fsp3) is 0.474. The van der Waals surface area contributed by atoms with Crippen LogP contribution in [0.25, 0.3) is 5.52 Å². The number of carbonyl (C=O) groups excluding carboxylic acids is 2. The third-order valence-electron chi connectivity index (χ3n) is 4.47. The molecule has 0 aliphatic heterocycles. The molecule has 1 saturated carbocycles. The van der Waals surface area contributed by atoms with E-state index in [0.29, 0.717) is 5.56 Å². The van der Waals surface area contributed by atoms with E-state index in [4.69, 9.17) is 4.74 Å². The predicted molar refractivity (Wildman–Crippen MR) is 95.8 cm³/mol. The highest BCUT2D eigenvalue weighted by Crippen LogP contribution is 2.47. The molecule has 7 heteroatoms. The van der Waals surface area contributed by atoms with Gasteiger partial charge in [0.05, 0.1) is 17.0 Å². The molecule has 3 rings (SSSR count). The summed E-state index contributed by atoms with van der Waals surface area (Å²) in [5.41, 5.74) is 1.20. The van der Waals surface area contributed by atoms with Crippen molar-refractivity contribution in [3.8, 4) is 6.07 Å². The van der Waals surface area contributed by atoms with E-state index in [9.17, 15) is 14.9 Å². The molecule has 0 bridgehead atoms. The van der Waals surface area contributed by atoms with E-state index >= 15 is 0 Å². The fourth-order valence-corrected chi connectivity index (χ4v) is 2.92. The van der Waals surface area contributed by atoms with E-state index in [0.717, 1.165) is 28.8 Å². The first-order valence-corrected chi connectivity index (χ1v) is 8.52. The smallest absolute Gasteiger partial charge is 0.423 e. The van der Waals surface area contributed by atoms with Crippen LogP contribution in [0.5, 0.6) is 0 Å². The fourth-order valence-electron chi connectivity index (χ4n) is 2.92. The van der Waals surface area contributed by atoms with Gasteiger partial charge in [0.1, 0.15) is 5.60 Å². The highest BCUT2D eigenvalue weighted by molar-refractivity contribution is 6.11. The summed E-state index contributed by atoms with van der Waals surface area (Å²) in [5.74, 6) is -0.229. The molecule has 0 radical (unpaired) electrons. The summed E-state index contributed by atoms with van der Waals surface area (Å²) in [6, 6.07) is 6.14. The van der Waals surface area contributed by atoms with Gasteiger partial charge in [-0.25, -0.2) is 9.31 Å². The van der Waals surface area contributed by atoms with E-state index in [2.05, 4.69) is 11.2 Å². The molecular weight excluding hydrogens is 332 g/mol. The van der Waals surface area contributed by atoms with Gasteiger partial charge in [-0.1, -0.05) is 6.07 Å². The number of nitrogens with zero attached hydrogens (tertiary/aromatic N) is 4. The standard InChI is InChI=1S/C19H22N4O3/c1-12-15-7-6-14(19(11-20)8-9-19)10-22(15)21-16(12)23(13(2)24)17(25)26-18(3,4)5/h6-7,10H,8-9H2,1-5H3. The highest BCUT2D eigenvalue weighted by Gasteiger charge is 2.45. The number of anilines is 1. The Morgan fingerprint density at radius 2 is 2.00 bits per heavy atom. The van der Waals surface area contributed by atoms with Crippen molar-refractivity contribution in [1.82, 2.24) is 9.61 Å². The maximum Gasteiger partial charge on any atom is 0.423 e. The van der Waals surface area contributed by atoms with Gasteiger partial charge in [0.25, 0.3) is 0 Å². The van der Waals surface area contributed by atoms with Gasteiger partial charge in [-0.2, -0.15) is 10.2 Å². The van der Waals surface area contributed by atoms with Crippen LogP contribution in [0.15, 0.2) is 18.3 Å². The number of carbonyl (C=O) groups is 2. The molecule has 26 heavy (non-hydrogen) atoms. The number of aryl methyl sites for hydroxylation is 1. The molecule has 1 aliphatic rings. The van der Waals surface area contributed by atoms with Crippen LogP contribution >= 0.6 is 0 Å². The molecule has 2 heterocycles. The third-order valence-corrected chi connectivity index (χ3v) is 4.47. The first-order chi connectivity index (χ1) is 12.1. The molecule has 1 fully saturated rings. The summed E-state index contributed by atoms with van der Waals surface area (Å²) in [6.45, 7) is 8.32. The lowest BCUT2D eigenvalue weighted by Crippen LogP contribution is -2.40. The second kappa shape index (κ2) is 5.84. The molecule has 0 unspecified atom stereocenters. The topological polar surface area (TPSA) is 87.7 Å². The molecule has 2 aromatic rings. The number of hydrogen-bond acceptors (Lipinski definition) is 5. The van der Waals surface area contributed by atoms with Crippen molar-refractivity contribution in [2.24, 2.45) is 0 Å². The molecule has 136 valence electrons. The maximum absolute atomic E-state index is 12.5. The van der Waals surface area contributed by atoms with E-state index in [1.54, 1.807) is 38.4 Å². The summed E-state index contributed by atoms with van der Waals surface area (Å²) >= 11 is 0. The van der Waals surface area contributed by atoms with Gasteiger partial charge in [0.15, 0.2) is 5.82 Å². The minimum atomic E-state index is -0.757. The number of nitriles is 1. The Kier molecular flexibility index (Phi) is 4.02. The largest absolute Gasteiger partial charge is 0.443 e. The van der Waals surface area contributed by atoms with Crippen molar-refractivity contribution in [1.29, 1.82) is 5.26 Å². The zero-order valence-corrected chi connectivity index (χ0v) is 15.7. The zero-order chi connectivity index (χ0) is 19.3. The highest BCUT2D eigenvalue weighted by atomic mass is 16.6. The number of rotatable bonds is 2. The minimum Gasteiger partial charge on any atom is -0.443 e. The van der Waals surface area contributed by atoms with E-state index in [1.165, 1.54) is 6.92 Å². The zero-order valence-electron chi connectivity index (χ0n) is 15.7. The number of hydrogen-bond donors (Lipinski definition) is 0. The number of amides is 2. The molecule has 0 aromatic carbocycles. The minimum absolute atomic E-state index is 0.241. The van der Waals surface area contributed by atoms with Gasteiger partial charge in [-0.3, -0.25) is 4.79 Å². The Hall–Kier alpha value is -2.88. The SMILES string of the molecule is CC(=O)N(C(=O)OC(C)(C)C)c1nn2cc(C3(C#N)CC3)ccc2c1C. The summed E-state index contributed by atoms with van der Waals surface area (Å²) in [4.78, 5) is 25.6. The number of imide groups is 1. The molecule has 0 spiro atoms. The first-order valence-electron chi connectivity index (χ1n) is 8.52. The third kappa shape index (κ3) is 3.03. The van der Waals surface area contributed by atoms with Crippen LogP contribution in [0.1, 0.15) is 51.7 Å². The van der Waals surface area contributed by atoms with Crippen LogP contribution in [-0.4, -0.2) is 27.2 Å². The van der Waals surface area contributed by atoms with Gasteiger partial charge >= 0.3 is 6.09 Å². The molecule has 2 aromatic heterocycles. The molecule has 2 amide bonds.